The zero-order valence-electron chi connectivity index (χ0n) is 13.4. The van der Waals surface area contributed by atoms with E-state index in [1.807, 2.05) is 31.2 Å². The minimum atomic E-state index is -0.507. The van der Waals surface area contributed by atoms with E-state index in [-0.39, 0.29) is 16.9 Å². The van der Waals surface area contributed by atoms with Crippen LogP contribution < -0.4 is 10.9 Å². The van der Waals surface area contributed by atoms with Gasteiger partial charge < -0.3 is 14.4 Å². The van der Waals surface area contributed by atoms with Gasteiger partial charge in [0.1, 0.15) is 11.3 Å². The van der Waals surface area contributed by atoms with Crippen molar-refractivity contribution in [3.8, 4) is 0 Å². The number of carbonyl (C=O) groups excluding carboxylic acids is 1. The quantitative estimate of drug-likeness (QED) is 0.801. The normalized spacial score (nSPS) is 10.6. The number of aryl methyl sites for hydroxylation is 2. The van der Waals surface area contributed by atoms with Crippen LogP contribution in [0.5, 0.6) is 0 Å². The predicted octanol–water partition coefficient (Wildman–Crippen LogP) is 2.75. The molecule has 0 aliphatic rings. The van der Waals surface area contributed by atoms with Crippen LogP contribution >= 0.6 is 0 Å². The Bertz CT molecular complexity index is 940. The van der Waals surface area contributed by atoms with E-state index in [0.29, 0.717) is 12.3 Å². The average molecular weight is 323 g/mol. The van der Waals surface area contributed by atoms with Crippen LogP contribution in [0.15, 0.2) is 58.0 Å². The summed E-state index contributed by atoms with van der Waals surface area (Å²) in [6.07, 6.45) is 1.67. The van der Waals surface area contributed by atoms with Gasteiger partial charge in [-0.25, -0.2) is 0 Å². The van der Waals surface area contributed by atoms with Crippen molar-refractivity contribution in [1.82, 2.24) is 9.72 Å². The van der Waals surface area contributed by atoms with Crippen molar-refractivity contribution < 1.29 is 9.32 Å². The Hall–Kier alpha value is -3.15. The minimum Gasteiger partial charge on any atom is -0.360 e. The van der Waals surface area contributed by atoms with Crippen LogP contribution in [-0.2, 0) is 6.54 Å². The largest absolute Gasteiger partial charge is 0.360 e. The lowest BCUT2D eigenvalue weighted by molar-refractivity contribution is 0.102. The Kier molecular flexibility index (Phi) is 4.29. The lowest BCUT2D eigenvalue weighted by Gasteiger charge is -2.10. The molecule has 2 heterocycles. The van der Waals surface area contributed by atoms with Gasteiger partial charge in [-0.3, -0.25) is 9.59 Å². The number of pyridine rings is 1. The van der Waals surface area contributed by atoms with Gasteiger partial charge in [0, 0.05) is 12.3 Å². The smallest absolute Gasteiger partial charge is 0.263 e. The molecule has 6 heteroatoms. The number of nitrogens with zero attached hydrogens (tertiary/aromatic N) is 2. The van der Waals surface area contributed by atoms with E-state index < -0.39 is 5.91 Å². The van der Waals surface area contributed by atoms with Crippen LogP contribution in [0, 0.1) is 13.8 Å². The number of nitrogens with one attached hydrogen (secondary N) is 1. The van der Waals surface area contributed by atoms with Gasteiger partial charge in [0.05, 0.1) is 6.54 Å². The molecule has 0 radical (unpaired) electrons. The molecule has 0 bridgehead atoms. The van der Waals surface area contributed by atoms with Crippen LogP contribution in [0.25, 0.3) is 0 Å². The molecule has 0 atom stereocenters. The van der Waals surface area contributed by atoms with Crippen molar-refractivity contribution >= 4 is 11.7 Å². The second-order valence-corrected chi connectivity index (χ2v) is 5.56. The number of rotatable bonds is 4. The molecule has 0 saturated heterocycles. The van der Waals surface area contributed by atoms with Gasteiger partial charge in [-0.1, -0.05) is 29.4 Å². The second kappa shape index (κ2) is 6.54. The number of benzene rings is 1. The molecular weight excluding hydrogens is 306 g/mol. The number of amides is 1. The van der Waals surface area contributed by atoms with E-state index in [2.05, 4.69) is 10.5 Å². The number of hydrogen-bond donors (Lipinski definition) is 1. The van der Waals surface area contributed by atoms with Gasteiger partial charge in [0.15, 0.2) is 5.82 Å². The molecule has 3 rings (SSSR count). The third-order valence-corrected chi connectivity index (χ3v) is 3.74. The van der Waals surface area contributed by atoms with E-state index in [0.717, 1.165) is 11.1 Å². The van der Waals surface area contributed by atoms with Gasteiger partial charge in [-0.2, -0.15) is 0 Å². The Morgan fingerprint density at radius 1 is 1.21 bits per heavy atom. The van der Waals surface area contributed by atoms with Gasteiger partial charge in [-0.15, -0.1) is 0 Å². The van der Waals surface area contributed by atoms with Crippen molar-refractivity contribution in [2.24, 2.45) is 0 Å². The fourth-order valence-corrected chi connectivity index (χ4v) is 2.41. The number of aromatic nitrogens is 2. The molecule has 122 valence electrons. The van der Waals surface area contributed by atoms with E-state index in [1.54, 1.807) is 25.3 Å². The van der Waals surface area contributed by atoms with Gasteiger partial charge >= 0.3 is 0 Å². The maximum absolute atomic E-state index is 12.6. The Balaban J connectivity index is 1.87. The lowest BCUT2D eigenvalue weighted by Crippen LogP contribution is -2.29. The molecule has 24 heavy (non-hydrogen) atoms. The Morgan fingerprint density at radius 2 is 2.00 bits per heavy atom. The fourth-order valence-electron chi connectivity index (χ4n) is 2.41. The van der Waals surface area contributed by atoms with E-state index in [9.17, 15) is 9.59 Å². The monoisotopic (exact) mass is 323 g/mol. The molecule has 0 aliphatic heterocycles. The average Bonchev–Trinajstić information content (AvgIpc) is 2.96. The maximum atomic E-state index is 12.6. The van der Waals surface area contributed by atoms with E-state index in [1.165, 1.54) is 10.6 Å². The summed E-state index contributed by atoms with van der Waals surface area (Å²) in [4.78, 5) is 24.9. The van der Waals surface area contributed by atoms with Crippen LogP contribution in [0.4, 0.5) is 5.82 Å². The summed E-state index contributed by atoms with van der Waals surface area (Å²) < 4.78 is 6.42. The highest BCUT2D eigenvalue weighted by Crippen LogP contribution is 2.10. The molecule has 1 N–H and O–H groups in total. The summed E-state index contributed by atoms with van der Waals surface area (Å²) in [5.41, 5.74) is 1.84. The van der Waals surface area contributed by atoms with Gasteiger partial charge in [-0.05, 0) is 37.1 Å². The first-order chi connectivity index (χ1) is 11.5. The first-order valence-electron chi connectivity index (χ1n) is 7.53. The van der Waals surface area contributed by atoms with Crippen molar-refractivity contribution in [1.29, 1.82) is 0 Å². The fraction of sp³-hybridized carbons (Fsp3) is 0.167. The van der Waals surface area contributed by atoms with Crippen LogP contribution in [-0.4, -0.2) is 15.6 Å². The summed E-state index contributed by atoms with van der Waals surface area (Å²) >= 11 is 0. The maximum Gasteiger partial charge on any atom is 0.263 e. The molecule has 2 aromatic heterocycles. The molecule has 0 fully saturated rings. The molecule has 6 nitrogen and oxygen atoms in total. The standard InChI is InChI=1S/C18H17N3O3/c1-12-6-3-4-7-14(12)11-21-9-5-8-15(18(21)23)17(22)19-16-10-13(2)24-20-16/h3-10H,11H2,1-2H3,(H,19,20,22). The second-order valence-electron chi connectivity index (χ2n) is 5.56. The summed E-state index contributed by atoms with van der Waals surface area (Å²) in [6.45, 7) is 4.12. The Morgan fingerprint density at radius 3 is 2.71 bits per heavy atom. The third kappa shape index (κ3) is 3.27. The topological polar surface area (TPSA) is 77.1 Å². The highest BCUT2D eigenvalue weighted by Gasteiger charge is 2.14. The first kappa shape index (κ1) is 15.7. The minimum absolute atomic E-state index is 0.0618. The lowest BCUT2D eigenvalue weighted by atomic mass is 10.1. The molecule has 1 amide bonds. The molecular formula is C18H17N3O3. The van der Waals surface area contributed by atoms with Crippen molar-refractivity contribution in [3.63, 3.8) is 0 Å². The summed E-state index contributed by atoms with van der Waals surface area (Å²) in [6, 6.07) is 12.6. The molecule has 0 unspecified atom stereocenters. The van der Waals surface area contributed by atoms with Crippen molar-refractivity contribution in [3.05, 3.63) is 81.5 Å². The molecule has 0 saturated carbocycles. The predicted molar refractivity (Wildman–Crippen MR) is 90.2 cm³/mol. The van der Waals surface area contributed by atoms with Crippen molar-refractivity contribution in [2.45, 2.75) is 20.4 Å². The molecule has 3 aromatic rings. The highest BCUT2D eigenvalue weighted by molar-refractivity contribution is 6.03. The van der Waals surface area contributed by atoms with Crippen LogP contribution in [0.1, 0.15) is 27.2 Å². The number of anilines is 1. The number of carbonyl (C=O) groups is 1. The molecule has 0 aliphatic carbocycles. The Labute approximate surface area is 138 Å². The van der Waals surface area contributed by atoms with Crippen LogP contribution in [0.2, 0.25) is 0 Å². The molecule has 0 spiro atoms. The van der Waals surface area contributed by atoms with E-state index in [4.69, 9.17) is 4.52 Å². The van der Waals surface area contributed by atoms with E-state index >= 15 is 0 Å². The SMILES string of the molecule is Cc1cc(NC(=O)c2cccn(Cc3ccccc3C)c2=O)no1. The third-order valence-electron chi connectivity index (χ3n) is 3.74. The number of hydrogen-bond acceptors (Lipinski definition) is 4. The highest BCUT2D eigenvalue weighted by atomic mass is 16.5. The van der Waals surface area contributed by atoms with Crippen LogP contribution in [0.3, 0.4) is 0 Å². The first-order valence-corrected chi connectivity index (χ1v) is 7.53. The summed E-state index contributed by atoms with van der Waals surface area (Å²) in [7, 11) is 0. The van der Waals surface area contributed by atoms with Gasteiger partial charge in [0.25, 0.3) is 11.5 Å². The zero-order chi connectivity index (χ0) is 17.1. The zero-order valence-corrected chi connectivity index (χ0v) is 13.4. The van der Waals surface area contributed by atoms with Crippen molar-refractivity contribution in [2.75, 3.05) is 5.32 Å². The summed E-state index contributed by atoms with van der Waals surface area (Å²) in [5, 5.41) is 6.26. The molecule has 1 aromatic carbocycles. The van der Waals surface area contributed by atoms with Gasteiger partial charge in [0.2, 0.25) is 0 Å². The summed E-state index contributed by atoms with van der Waals surface area (Å²) in [5.74, 6) is 0.356.